The van der Waals surface area contributed by atoms with Crippen LogP contribution < -0.4 is 5.32 Å². The third-order valence-electron chi connectivity index (χ3n) is 4.46. The molecule has 1 heterocycles. The minimum Gasteiger partial charge on any atom is -0.308 e. The second kappa shape index (κ2) is 4.60. The summed E-state index contributed by atoms with van der Waals surface area (Å²) in [7, 11) is -2.81. The fraction of sp³-hybridized carbons (Fsp3) is 0.600. The molecule has 1 aliphatic heterocycles. The molecule has 2 fully saturated rings. The third kappa shape index (κ3) is 2.84. The third-order valence-corrected chi connectivity index (χ3v) is 6.37. The van der Waals surface area contributed by atoms with Crippen molar-refractivity contribution in [3.05, 3.63) is 35.9 Å². The van der Waals surface area contributed by atoms with E-state index in [1.165, 1.54) is 5.56 Å². The Bertz CT molecular complexity index is 549. The van der Waals surface area contributed by atoms with Crippen LogP contribution in [0.25, 0.3) is 0 Å². The molecule has 4 heteroatoms. The van der Waals surface area contributed by atoms with Crippen molar-refractivity contribution in [1.29, 1.82) is 0 Å². The molecule has 0 amide bonds. The Hall–Kier alpha value is -0.870. The first-order valence-electron chi connectivity index (χ1n) is 6.99. The van der Waals surface area contributed by atoms with Crippen LogP contribution in [0.2, 0.25) is 0 Å². The average Bonchev–Trinajstić information content (AvgIpc) is 2.59. The summed E-state index contributed by atoms with van der Waals surface area (Å²) in [5.74, 6) is 1.28. The van der Waals surface area contributed by atoms with Crippen LogP contribution in [-0.4, -0.2) is 31.5 Å². The molecule has 1 unspecified atom stereocenters. The quantitative estimate of drug-likeness (QED) is 0.921. The molecular formula is C15H21NO2S. The van der Waals surface area contributed by atoms with Gasteiger partial charge in [-0.1, -0.05) is 30.3 Å². The van der Waals surface area contributed by atoms with Crippen molar-refractivity contribution >= 4 is 9.84 Å². The molecule has 0 spiro atoms. The first-order valence-corrected chi connectivity index (χ1v) is 8.81. The van der Waals surface area contributed by atoms with E-state index < -0.39 is 9.84 Å². The van der Waals surface area contributed by atoms with E-state index in [1.54, 1.807) is 0 Å². The first kappa shape index (κ1) is 13.1. The highest BCUT2D eigenvalue weighted by atomic mass is 32.2. The van der Waals surface area contributed by atoms with Gasteiger partial charge < -0.3 is 5.32 Å². The van der Waals surface area contributed by atoms with Crippen LogP contribution in [0.4, 0.5) is 0 Å². The van der Waals surface area contributed by atoms with Crippen LogP contribution in [0.5, 0.6) is 0 Å². The zero-order chi connectivity index (χ0) is 13.5. The lowest BCUT2D eigenvalue weighted by Gasteiger charge is -2.41. The lowest BCUT2D eigenvalue weighted by molar-refractivity contribution is 0.227. The van der Waals surface area contributed by atoms with Gasteiger partial charge in [-0.2, -0.15) is 0 Å². The summed E-state index contributed by atoms with van der Waals surface area (Å²) in [6.45, 7) is 2.05. The number of rotatable bonds is 3. The van der Waals surface area contributed by atoms with Gasteiger partial charge in [-0.05, 0) is 37.7 Å². The van der Waals surface area contributed by atoms with Gasteiger partial charge in [-0.15, -0.1) is 0 Å². The Kier molecular flexibility index (Phi) is 3.18. The molecule has 1 saturated carbocycles. The number of hydrogen-bond donors (Lipinski definition) is 1. The van der Waals surface area contributed by atoms with Gasteiger partial charge in [0.15, 0.2) is 9.84 Å². The van der Waals surface area contributed by atoms with Crippen LogP contribution >= 0.6 is 0 Å². The van der Waals surface area contributed by atoms with E-state index in [1.807, 2.05) is 13.0 Å². The maximum Gasteiger partial charge on any atom is 0.152 e. The summed E-state index contributed by atoms with van der Waals surface area (Å²) in [4.78, 5) is 0. The fourth-order valence-electron chi connectivity index (χ4n) is 3.35. The molecule has 1 N–H and O–H groups in total. The van der Waals surface area contributed by atoms with Crippen molar-refractivity contribution in [2.45, 2.75) is 43.7 Å². The van der Waals surface area contributed by atoms with Crippen molar-refractivity contribution in [2.24, 2.45) is 0 Å². The van der Waals surface area contributed by atoms with Crippen molar-refractivity contribution in [3.63, 3.8) is 0 Å². The summed E-state index contributed by atoms with van der Waals surface area (Å²) in [5, 5.41) is 3.57. The van der Waals surface area contributed by atoms with Gasteiger partial charge in [0, 0.05) is 11.6 Å². The molecule has 1 aromatic carbocycles. The molecule has 0 aromatic heterocycles. The lowest BCUT2D eigenvalue weighted by atomic mass is 9.75. The van der Waals surface area contributed by atoms with E-state index in [-0.39, 0.29) is 5.54 Å². The summed E-state index contributed by atoms with van der Waals surface area (Å²) >= 11 is 0. The molecule has 3 rings (SSSR count). The summed E-state index contributed by atoms with van der Waals surface area (Å²) in [6, 6.07) is 11.1. The molecule has 1 saturated heterocycles. The summed E-state index contributed by atoms with van der Waals surface area (Å²) in [5.41, 5.74) is 1.20. The second-order valence-electron chi connectivity index (χ2n) is 6.32. The molecule has 2 aliphatic rings. The van der Waals surface area contributed by atoms with E-state index in [0.717, 1.165) is 19.3 Å². The predicted molar refractivity (Wildman–Crippen MR) is 77.0 cm³/mol. The summed E-state index contributed by atoms with van der Waals surface area (Å²) in [6.07, 6.45) is 3.00. The maximum atomic E-state index is 11.6. The molecule has 1 aromatic rings. The zero-order valence-electron chi connectivity index (χ0n) is 11.3. The molecule has 0 bridgehead atoms. The van der Waals surface area contributed by atoms with Gasteiger partial charge in [0.2, 0.25) is 0 Å². The Morgan fingerprint density at radius 3 is 2.47 bits per heavy atom. The van der Waals surface area contributed by atoms with E-state index in [0.29, 0.717) is 23.5 Å². The van der Waals surface area contributed by atoms with Crippen LogP contribution in [0.3, 0.4) is 0 Å². The fourth-order valence-corrected chi connectivity index (χ4v) is 5.45. The maximum absolute atomic E-state index is 11.6. The van der Waals surface area contributed by atoms with Gasteiger partial charge in [0.1, 0.15) is 0 Å². The van der Waals surface area contributed by atoms with E-state index in [4.69, 9.17) is 0 Å². The normalized spacial score (nSPS) is 36.9. The lowest BCUT2D eigenvalue weighted by Crippen LogP contribution is -2.53. The van der Waals surface area contributed by atoms with Crippen molar-refractivity contribution in [2.75, 3.05) is 11.5 Å². The summed E-state index contributed by atoms with van der Waals surface area (Å²) < 4.78 is 23.2. The van der Waals surface area contributed by atoms with Crippen LogP contribution in [-0.2, 0) is 9.84 Å². The van der Waals surface area contributed by atoms with Crippen LogP contribution in [0.15, 0.2) is 30.3 Å². The van der Waals surface area contributed by atoms with E-state index in [9.17, 15) is 8.42 Å². The number of sulfone groups is 1. The Morgan fingerprint density at radius 2 is 1.89 bits per heavy atom. The minimum atomic E-state index is -2.81. The monoisotopic (exact) mass is 279 g/mol. The molecule has 1 aliphatic carbocycles. The largest absolute Gasteiger partial charge is 0.308 e. The number of nitrogens with one attached hydrogen (secondary N) is 1. The van der Waals surface area contributed by atoms with Gasteiger partial charge in [-0.25, -0.2) is 8.42 Å². The molecule has 19 heavy (non-hydrogen) atoms. The average molecular weight is 279 g/mol. The van der Waals surface area contributed by atoms with Gasteiger partial charge >= 0.3 is 0 Å². The van der Waals surface area contributed by atoms with Crippen molar-refractivity contribution in [1.82, 2.24) is 5.32 Å². The van der Waals surface area contributed by atoms with Crippen LogP contribution in [0, 0.1) is 0 Å². The first-order chi connectivity index (χ1) is 8.96. The van der Waals surface area contributed by atoms with E-state index in [2.05, 4.69) is 29.6 Å². The second-order valence-corrected chi connectivity index (χ2v) is 8.51. The predicted octanol–water partition coefficient (Wildman–Crippen LogP) is 2.10. The molecule has 0 radical (unpaired) electrons. The van der Waals surface area contributed by atoms with Crippen LogP contribution in [0.1, 0.15) is 37.7 Å². The smallest absolute Gasteiger partial charge is 0.152 e. The highest BCUT2D eigenvalue weighted by Gasteiger charge is 2.42. The van der Waals surface area contributed by atoms with E-state index >= 15 is 0 Å². The van der Waals surface area contributed by atoms with Crippen molar-refractivity contribution in [3.8, 4) is 0 Å². The van der Waals surface area contributed by atoms with Gasteiger partial charge in [-0.3, -0.25) is 0 Å². The molecule has 1 atom stereocenters. The Balaban J connectivity index is 1.55. The Labute approximate surface area is 115 Å². The SMILES string of the molecule is CC1(NC2CC(c3ccccc3)C2)CCS(=O)(=O)C1. The molecule has 3 nitrogen and oxygen atoms in total. The highest BCUT2D eigenvalue weighted by molar-refractivity contribution is 7.91. The topological polar surface area (TPSA) is 46.2 Å². The number of benzene rings is 1. The highest BCUT2D eigenvalue weighted by Crippen LogP contribution is 2.38. The zero-order valence-corrected chi connectivity index (χ0v) is 12.1. The van der Waals surface area contributed by atoms with Gasteiger partial charge in [0.05, 0.1) is 11.5 Å². The molecule has 104 valence electrons. The van der Waals surface area contributed by atoms with Gasteiger partial charge in [0.25, 0.3) is 0 Å². The van der Waals surface area contributed by atoms with Crippen molar-refractivity contribution < 1.29 is 8.42 Å². The standard InChI is InChI=1S/C15H21NO2S/c1-15(7-8-19(17,18)11-15)16-14-9-13(10-14)12-5-3-2-4-6-12/h2-6,13-14,16H,7-11H2,1H3. The number of hydrogen-bond acceptors (Lipinski definition) is 3. The Morgan fingerprint density at radius 1 is 1.21 bits per heavy atom. The minimum absolute atomic E-state index is 0.203. The molecular weight excluding hydrogens is 258 g/mol.